The molecule has 0 amide bonds. The fourth-order valence-corrected chi connectivity index (χ4v) is 5.84. The van der Waals surface area contributed by atoms with E-state index in [1.54, 1.807) is 0 Å². The van der Waals surface area contributed by atoms with Crippen LogP contribution in [0.5, 0.6) is 0 Å². The zero-order valence-corrected chi connectivity index (χ0v) is 22.6. The van der Waals surface area contributed by atoms with E-state index >= 15 is 0 Å². The third-order valence-electron chi connectivity index (χ3n) is 7.28. The minimum atomic E-state index is -0.00819. The summed E-state index contributed by atoms with van der Waals surface area (Å²) in [4.78, 5) is 7.08. The summed E-state index contributed by atoms with van der Waals surface area (Å²) in [6, 6.07) is 27.6. The lowest BCUT2D eigenvalue weighted by Gasteiger charge is -2.28. The molecule has 0 unspecified atom stereocenters. The Labute approximate surface area is 225 Å². The number of hydrogen-bond donors (Lipinski definition) is 2. The van der Waals surface area contributed by atoms with Crippen molar-refractivity contribution in [2.24, 2.45) is 0 Å². The summed E-state index contributed by atoms with van der Waals surface area (Å²) in [6.45, 7) is 8.39. The third-order valence-corrected chi connectivity index (χ3v) is 7.63. The molecule has 3 heterocycles. The molecule has 1 aliphatic heterocycles. The molecule has 0 aliphatic carbocycles. The Bertz CT molecular complexity index is 1350. The van der Waals surface area contributed by atoms with E-state index in [4.69, 9.17) is 17.2 Å². The number of anilines is 1. The van der Waals surface area contributed by atoms with E-state index in [-0.39, 0.29) is 12.1 Å². The van der Waals surface area contributed by atoms with Crippen molar-refractivity contribution in [3.05, 3.63) is 113 Å². The van der Waals surface area contributed by atoms with Crippen molar-refractivity contribution in [3.63, 3.8) is 0 Å². The van der Waals surface area contributed by atoms with Crippen LogP contribution in [0.3, 0.4) is 0 Å². The van der Waals surface area contributed by atoms with Gasteiger partial charge in [-0.2, -0.15) is 0 Å². The largest absolute Gasteiger partial charge is 0.385 e. The summed E-state index contributed by atoms with van der Waals surface area (Å²) in [5, 5.41) is 7.93. The van der Waals surface area contributed by atoms with Crippen molar-refractivity contribution in [2.45, 2.75) is 45.7 Å². The first kappa shape index (κ1) is 25.0. The van der Waals surface area contributed by atoms with Gasteiger partial charge in [0.05, 0.1) is 17.8 Å². The number of nitrogens with zero attached hydrogens (tertiary/aromatic N) is 3. The minimum Gasteiger partial charge on any atom is -0.385 e. The molecule has 6 heteroatoms. The van der Waals surface area contributed by atoms with Crippen molar-refractivity contribution in [1.82, 2.24) is 19.8 Å². The summed E-state index contributed by atoms with van der Waals surface area (Å²) in [5.74, 6) is 0. The number of pyridine rings is 1. The van der Waals surface area contributed by atoms with Crippen LogP contribution in [0.15, 0.2) is 85.1 Å². The predicted octanol–water partition coefficient (Wildman–Crippen LogP) is 6.53. The maximum atomic E-state index is 5.91. The van der Waals surface area contributed by atoms with Crippen molar-refractivity contribution in [1.29, 1.82) is 0 Å². The fraction of sp³-hybridized carbons (Fsp3) is 0.290. The van der Waals surface area contributed by atoms with Gasteiger partial charge in [-0.15, -0.1) is 0 Å². The molecule has 0 spiro atoms. The highest BCUT2D eigenvalue weighted by atomic mass is 32.1. The molecule has 2 N–H and O–H groups in total. The van der Waals surface area contributed by atoms with Crippen LogP contribution in [-0.2, 0) is 6.42 Å². The molecule has 37 heavy (non-hydrogen) atoms. The molecule has 2 atom stereocenters. The zero-order valence-electron chi connectivity index (χ0n) is 21.8. The minimum absolute atomic E-state index is 0.00819. The molecule has 4 aromatic rings. The van der Waals surface area contributed by atoms with Gasteiger partial charge in [0.25, 0.3) is 0 Å². The first-order chi connectivity index (χ1) is 18.1. The number of rotatable bonds is 9. The summed E-state index contributed by atoms with van der Waals surface area (Å²) in [5.41, 5.74) is 8.54. The lowest BCUT2D eigenvalue weighted by Crippen LogP contribution is -2.31. The maximum absolute atomic E-state index is 5.91. The highest BCUT2D eigenvalue weighted by Crippen LogP contribution is 2.41. The molecule has 1 saturated heterocycles. The molecular formula is C31H35N5S. The monoisotopic (exact) mass is 509 g/mol. The van der Waals surface area contributed by atoms with Crippen LogP contribution in [-0.4, -0.2) is 32.7 Å². The average molecular weight is 510 g/mol. The highest BCUT2D eigenvalue weighted by Gasteiger charge is 2.41. The van der Waals surface area contributed by atoms with Gasteiger partial charge < -0.3 is 20.1 Å². The van der Waals surface area contributed by atoms with Gasteiger partial charge in [-0.3, -0.25) is 4.98 Å². The molecule has 0 bridgehead atoms. The van der Waals surface area contributed by atoms with Crippen molar-refractivity contribution in [2.75, 3.05) is 18.4 Å². The Kier molecular flexibility index (Phi) is 7.56. The lowest BCUT2D eigenvalue weighted by molar-refractivity contribution is 0.315. The summed E-state index contributed by atoms with van der Waals surface area (Å²) >= 11 is 5.91. The number of hydrogen-bond acceptors (Lipinski definition) is 3. The van der Waals surface area contributed by atoms with Gasteiger partial charge in [-0.25, -0.2) is 0 Å². The molecule has 0 radical (unpaired) electrons. The van der Waals surface area contributed by atoms with Crippen molar-refractivity contribution < 1.29 is 0 Å². The Balaban J connectivity index is 1.47. The van der Waals surface area contributed by atoms with E-state index in [1.165, 1.54) is 28.2 Å². The van der Waals surface area contributed by atoms with E-state index in [0.717, 1.165) is 42.4 Å². The Morgan fingerprint density at radius 2 is 1.73 bits per heavy atom. The van der Waals surface area contributed by atoms with Crippen molar-refractivity contribution in [3.8, 4) is 5.69 Å². The van der Waals surface area contributed by atoms with Gasteiger partial charge in [0.1, 0.15) is 0 Å². The van der Waals surface area contributed by atoms with Crippen molar-refractivity contribution >= 4 is 23.0 Å². The number of para-hydroxylation sites is 2. The predicted molar refractivity (Wildman–Crippen MR) is 156 cm³/mol. The molecule has 0 saturated carbocycles. The number of aromatic nitrogens is 2. The van der Waals surface area contributed by atoms with Crippen LogP contribution in [0.4, 0.5) is 5.69 Å². The number of aryl methyl sites for hydroxylation is 2. The van der Waals surface area contributed by atoms with Gasteiger partial charge in [0.15, 0.2) is 5.11 Å². The molecule has 190 valence electrons. The molecule has 5 rings (SSSR count). The van der Waals surface area contributed by atoms with Crippen LogP contribution >= 0.6 is 12.2 Å². The van der Waals surface area contributed by atoms with Gasteiger partial charge in [0, 0.05) is 42.0 Å². The SMILES string of the molecule is CCc1ccccc1-n1c(C)cc([C@H]2[C@H](c3ccccn3)NC(=S)N2CCCNc2ccccc2)c1C. The quantitative estimate of drug-likeness (QED) is 0.198. The number of benzene rings is 2. The molecule has 5 nitrogen and oxygen atoms in total. The van der Waals surface area contributed by atoms with Gasteiger partial charge >= 0.3 is 0 Å². The van der Waals surface area contributed by atoms with E-state index in [2.05, 4.69) is 108 Å². The van der Waals surface area contributed by atoms with E-state index < -0.39 is 0 Å². The van der Waals surface area contributed by atoms with Crippen LogP contribution in [0, 0.1) is 13.8 Å². The van der Waals surface area contributed by atoms with Gasteiger partial charge in [-0.1, -0.05) is 49.4 Å². The normalized spacial score (nSPS) is 17.2. The van der Waals surface area contributed by atoms with Crippen LogP contribution in [0.1, 0.15) is 53.6 Å². The maximum Gasteiger partial charge on any atom is 0.170 e. The Morgan fingerprint density at radius 1 is 0.973 bits per heavy atom. The summed E-state index contributed by atoms with van der Waals surface area (Å²) in [7, 11) is 0. The fourth-order valence-electron chi connectivity index (χ4n) is 5.51. The first-order valence-corrected chi connectivity index (χ1v) is 13.5. The first-order valence-electron chi connectivity index (χ1n) is 13.1. The Hall–Kier alpha value is -3.64. The molecule has 1 aliphatic rings. The molecule has 2 aromatic heterocycles. The van der Waals surface area contributed by atoms with Crippen LogP contribution in [0.25, 0.3) is 5.69 Å². The lowest BCUT2D eigenvalue weighted by atomic mass is 9.96. The number of thiocarbonyl (C=S) groups is 1. The standard InChI is InChI=1S/C31H35N5S/c1-4-24-13-8-9-17-28(24)36-22(2)21-26(23(36)3)30-29(27-16-10-11-18-33-27)34-31(37)35(30)20-12-19-32-25-14-6-5-7-15-25/h5-11,13-18,21,29-30,32H,4,12,19-20H2,1-3H3,(H,34,37)/t29-,30-/m0/s1. The molecule has 1 fully saturated rings. The zero-order chi connectivity index (χ0) is 25.8. The van der Waals surface area contributed by atoms with Gasteiger partial charge in [0.2, 0.25) is 0 Å². The molecule has 2 aromatic carbocycles. The van der Waals surface area contributed by atoms with E-state index in [9.17, 15) is 0 Å². The number of nitrogens with one attached hydrogen (secondary N) is 2. The second kappa shape index (κ2) is 11.2. The topological polar surface area (TPSA) is 45.1 Å². The average Bonchev–Trinajstić information content (AvgIpc) is 3.41. The van der Waals surface area contributed by atoms with Gasteiger partial charge in [-0.05, 0) is 86.4 Å². The van der Waals surface area contributed by atoms with E-state index in [1.807, 2.05) is 18.3 Å². The molecular weight excluding hydrogens is 474 g/mol. The second-order valence-electron chi connectivity index (χ2n) is 9.61. The smallest absolute Gasteiger partial charge is 0.170 e. The van der Waals surface area contributed by atoms with Crippen LogP contribution in [0.2, 0.25) is 0 Å². The third kappa shape index (κ3) is 5.12. The van der Waals surface area contributed by atoms with Crippen LogP contribution < -0.4 is 10.6 Å². The Morgan fingerprint density at radius 3 is 2.49 bits per heavy atom. The summed E-state index contributed by atoms with van der Waals surface area (Å²) in [6.07, 6.45) is 3.83. The summed E-state index contributed by atoms with van der Waals surface area (Å²) < 4.78 is 2.40. The highest BCUT2D eigenvalue weighted by molar-refractivity contribution is 7.80. The second-order valence-corrected chi connectivity index (χ2v) is 10.00. The van der Waals surface area contributed by atoms with E-state index in [0.29, 0.717) is 0 Å².